The molecule has 3 nitrogen and oxygen atoms in total. The van der Waals surface area contributed by atoms with Gasteiger partial charge in [0.2, 0.25) is 0 Å². The first-order valence-corrected chi connectivity index (χ1v) is 6.68. The maximum Gasteiger partial charge on any atom is 0.283 e. The summed E-state index contributed by atoms with van der Waals surface area (Å²) in [5.41, 5.74) is 1.74. The Morgan fingerprint density at radius 1 is 1.40 bits per heavy atom. The van der Waals surface area contributed by atoms with Crippen LogP contribution >= 0.6 is 15.9 Å². The predicted octanol–water partition coefficient (Wildman–Crippen LogP) is 5.02. The van der Waals surface area contributed by atoms with Crippen LogP contribution in [0.25, 0.3) is 0 Å². The van der Waals surface area contributed by atoms with Crippen molar-refractivity contribution in [3.8, 4) is 0 Å². The van der Waals surface area contributed by atoms with Gasteiger partial charge in [0, 0.05) is 6.08 Å². The Kier molecular flexibility index (Phi) is 8.40. The van der Waals surface area contributed by atoms with Gasteiger partial charge in [-0.05, 0) is 47.0 Å². The van der Waals surface area contributed by atoms with E-state index in [0.717, 1.165) is 6.42 Å². The minimum Gasteiger partial charge on any atom is -0.258 e. The van der Waals surface area contributed by atoms with Gasteiger partial charge >= 0.3 is 0 Å². The summed E-state index contributed by atoms with van der Waals surface area (Å²) in [5, 5.41) is 10.3. The van der Waals surface area contributed by atoms with Crippen molar-refractivity contribution in [2.45, 2.75) is 20.3 Å². The lowest BCUT2D eigenvalue weighted by molar-refractivity contribution is -0.419. The second kappa shape index (κ2) is 9.20. The minimum atomic E-state index is -0.508. The molecule has 20 heavy (non-hydrogen) atoms. The van der Waals surface area contributed by atoms with Crippen molar-refractivity contribution in [2.24, 2.45) is 0 Å². The lowest BCUT2D eigenvalue weighted by atomic mass is 10.2. The van der Waals surface area contributed by atoms with Gasteiger partial charge in [-0.3, -0.25) is 10.1 Å². The number of allylic oxidation sites excluding steroid dienone is 3. The second-order valence-electron chi connectivity index (χ2n) is 4.02. The Morgan fingerprint density at radius 2 is 1.90 bits per heavy atom. The SMILES string of the molecule is C=C(C)/C=C(\C(=C)Br)[N+](=O)[O-].CCc1ccc(F)cc1. The fourth-order valence-electron chi connectivity index (χ4n) is 1.18. The van der Waals surface area contributed by atoms with E-state index in [-0.39, 0.29) is 16.0 Å². The topological polar surface area (TPSA) is 43.1 Å². The highest BCUT2D eigenvalue weighted by Gasteiger charge is 2.11. The molecule has 1 aromatic carbocycles. The number of halogens is 2. The molecule has 0 saturated carbocycles. The summed E-state index contributed by atoms with van der Waals surface area (Å²) in [6.07, 6.45) is 2.33. The van der Waals surface area contributed by atoms with Gasteiger partial charge in [-0.25, -0.2) is 4.39 Å². The number of hydrogen-bond donors (Lipinski definition) is 0. The normalized spacial score (nSPS) is 10.3. The van der Waals surface area contributed by atoms with E-state index in [1.807, 2.05) is 6.92 Å². The molecule has 0 N–H and O–H groups in total. The molecule has 0 fully saturated rings. The van der Waals surface area contributed by atoms with Crippen molar-refractivity contribution >= 4 is 15.9 Å². The van der Waals surface area contributed by atoms with Crippen LogP contribution in [0.2, 0.25) is 0 Å². The Balaban J connectivity index is 0.000000367. The highest BCUT2D eigenvalue weighted by molar-refractivity contribution is 9.11. The molecule has 0 amide bonds. The molecule has 1 rings (SSSR count). The molecular weight excluding hydrogens is 325 g/mol. The van der Waals surface area contributed by atoms with Crippen molar-refractivity contribution in [3.05, 3.63) is 80.7 Å². The molecular formula is C15H17BrFNO2. The standard InChI is InChI=1S/C8H9F.C7H8BrNO2/c1-2-7-3-5-8(9)6-4-7;1-5(2)4-7(6(3)8)9(10)11/h3-6H,2H2,1H3;4H,1,3H2,2H3/b;7-4+. The zero-order chi connectivity index (χ0) is 15.7. The molecule has 0 saturated heterocycles. The first-order chi connectivity index (χ1) is 9.27. The van der Waals surface area contributed by atoms with Gasteiger partial charge in [-0.1, -0.05) is 37.8 Å². The molecule has 0 atom stereocenters. The van der Waals surface area contributed by atoms with E-state index in [4.69, 9.17) is 0 Å². The smallest absolute Gasteiger partial charge is 0.258 e. The maximum absolute atomic E-state index is 12.2. The van der Waals surface area contributed by atoms with E-state index in [1.165, 1.54) is 23.8 Å². The maximum atomic E-state index is 12.2. The molecule has 1 aromatic rings. The van der Waals surface area contributed by atoms with E-state index in [0.29, 0.717) is 5.57 Å². The van der Waals surface area contributed by atoms with Crippen LogP contribution < -0.4 is 0 Å². The summed E-state index contributed by atoms with van der Waals surface area (Å²) in [6, 6.07) is 6.57. The number of nitro groups is 1. The largest absolute Gasteiger partial charge is 0.283 e. The quantitative estimate of drug-likeness (QED) is 0.438. The van der Waals surface area contributed by atoms with Crippen molar-refractivity contribution in [1.82, 2.24) is 0 Å². The third-order valence-electron chi connectivity index (χ3n) is 2.18. The van der Waals surface area contributed by atoms with Crippen LogP contribution in [0.4, 0.5) is 4.39 Å². The van der Waals surface area contributed by atoms with Crippen LogP contribution in [0.5, 0.6) is 0 Å². The summed E-state index contributed by atoms with van der Waals surface area (Å²) < 4.78 is 12.5. The van der Waals surface area contributed by atoms with Crippen LogP contribution in [-0.4, -0.2) is 4.92 Å². The fourth-order valence-corrected chi connectivity index (χ4v) is 1.44. The van der Waals surface area contributed by atoms with Crippen molar-refractivity contribution in [2.75, 3.05) is 0 Å². The molecule has 0 spiro atoms. The van der Waals surface area contributed by atoms with Gasteiger partial charge in [0.1, 0.15) is 5.82 Å². The highest BCUT2D eigenvalue weighted by atomic mass is 79.9. The Labute approximate surface area is 126 Å². The molecule has 0 radical (unpaired) electrons. The molecule has 0 aliphatic carbocycles. The number of nitrogens with zero attached hydrogens (tertiary/aromatic N) is 1. The monoisotopic (exact) mass is 341 g/mol. The number of benzene rings is 1. The zero-order valence-corrected chi connectivity index (χ0v) is 13.1. The third kappa shape index (κ3) is 7.63. The van der Waals surface area contributed by atoms with Crippen LogP contribution in [0, 0.1) is 15.9 Å². The first kappa shape index (κ1) is 18.2. The van der Waals surface area contributed by atoms with Gasteiger partial charge in [0.05, 0.1) is 9.41 Å². The van der Waals surface area contributed by atoms with Gasteiger partial charge in [-0.15, -0.1) is 0 Å². The van der Waals surface area contributed by atoms with Crippen LogP contribution in [0.15, 0.2) is 59.3 Å². The summed E-state index contributed by atoms with van der Waals surface area (Å²) in [5.74, 6) is -0.160. The summed E-state index contributed by atoms with van der Waals surface area (Å²) in [4.78, 5) is 9.77. The molecule has 0 unspecified atom stereocenters. The average Bonchev–Trinajstić information content (AvgIpc) is 2.37. The average molecular weight is 342 g/mol. The van der Waals surface area contributed by atoms with Crippen molar-refractivity contribution < 1.29 is 9.31 Å². The zero-order valence-electron chi connectivity index (χ0n) is 11.5. The second-order valence-corrected chi connectivity index (χ2v) is 4.98. The molecule has 0 aliphatic heterocycles. The van der Waals surface area contributed by atoms with Crippen LogP contribution in [0.3, 0.4) is 0 Å². The van der Waals surface area contributed by atoms with E-state index < -0.39 is 4.92 Å². The molecule has 0 heterocycles. The molecule has 5 heteroatoms. The van der Waals surface area contributed by atoms with E-state index in [1.54, 1.807) is 19.1 Å². The predicted molar refractivity (Wildman–Crippen MR) is 83.7 cm³/mol. The number of rotatable bonds is 4. The Morgan fingerprint density at radius 3 is 2.15 bits per heavy atom. The highest BCUT2D eigenvalue weighted by Crippen LogP contribution is 2.16. The summed E-state index contributed by atoms with van der Waals surface area (Å²) >= 11 is 2.92. The van der Waals surface area contributed by atoms with E-state index in [2.05, 4.69) is 29.1 Å². The Bertz CT molecular complexity index is 505. The number of hydrogen-bond acceptors (Lipinski definition) is 2. The van der Waals surface area contributed by atoms with Gasteiger partial charge in [0.25, 0.3) is 5.70 Å². The summed E-state index contributed by atoms with van der Waals surface area (Å²) in [7, 11) is 0. The lowest BCUT2D eigenvalue weighted by Crippen LogP contribution is -1.97. The molecule has 108 valence electrons. The molecule has 0 bridgehead atoms. The first-order valence-electron chi connectivity index (χ1n) is 5.88. The summed E-state index contributed by atoms with van der Waals surface area (Å²) in [6.45, 7) is 10.6. The van der Waals surface area contributed by atoms with Gasteiger partial charge in [0.15, 0.2) is 0 Å². The van der Waals surface area contributed by atoms with Crippen LogP contribution in [0.1, 0.15) is 19.4 Å². The van der Waals surface area contributed by atoms with Crippen molar-refractivity contribution in [3.63, 3.8) is 0 Å². The Hall–Kier alpha value is -1.75. The molecule has 0 aromatic heterocycles. The number of aryl methyl sites for hydroxylation is 1. The van der Waals surface area contributed by atoms with Crippen LogP contribution in [-0.2, 0) is 6.42 Å². The fraction of sp³-hybridized carbons (Fsp3) is 0.200. The van der Waals surface area contributed by atoms with Crippen molar-refractivity contribution in [1.29, 1.82) is 0 Å². The lowest BCUT2D eigenvalue weighted by Gasteiger charge is -1.93. The van der Waals surface area contributed by atoms with Gasteiger partial charge < -0.3 is 0 Å². The van der Waals surface area contributed by atoms with E-state index >= 15 is 0 Å². The molecule has 0 aliphatic rings. The van der Waals surface area contributed by atoms with E-state index in [9.17, 15) is 14.5 Å². The van der Waals surface area contributed by atoms with Gasteiger partial charge in [-0.2, -0.15) is 0 Å². The third-order valence-corrected chi connectivity index (χ3v) is 2.59. The minimum absolute atomic E-state index is 0.0579.